The molecule has 0 aromatic heterocycles. The third-order valence-electron chi connectivity index (χ3n) is 7.00. The van der Waals surface area contributed by atoms with Gasteiger partial charge < -0.3 is 25.2 Å². The predicted molar refractivity (Wildman–Crippen MR) is 118 cm³/mol. The molecule has 1 saturated heterocycles. The van der Waals surface area contributed by atoms with Crippen molar-refractivity contribution in [2.45, 2.75) is 43.4 Å². The number of carboxylic acids is 1. The molecule has 5 rings (SSSR count). The number of β-amino-alcohol motifs (C(OH)–C–C–N with tert-alkyl or cyclic N) is 1. The number of amides is 2. The van der Waals surface area contributed by atoms with E-state index in [0.717, 1.165) is 22.3 Å². The van der Waals surface area contributed by atoms with E-state index in [-0.39, 0.29) is 43.4 Å². The van der Waals surface area contributed by atoms with E-state index < -0.39 is 24.2 Å². The van der Waals surface area contributed by atoms with Gasteiger partial charge in [-0.1, -0.05) is 48.5 Å². The molecule has 1 heterocycles. The van der Waals surface area contributed by atoms with Gasteiger partial charge in [0.15, 0.2) is 0 Å². The van der Waals surface area contributed by atoms with Crippen LogP contribution in [-0.2, 0) is 14.3 Å². The molecular formula is C25H26N2O6. The number of nitrogens with zero attached hydrogens (tertiary/aromatic N) is 1. The van der Waals surface area contributed by atoms with Crippen LogP contribution in [0.4, 0.5) is 4.79 Å². The van der Waals surface area contributed by atoms with E-state index in [1.807, 2.05) is 24.3 Å². The highest BCUT2D eigenvalue weighted by atomic mass is 16.5. The molecular weight excluding hydrogens is 424 g/mol. The minimum absolute atomic E-state index is 0.0200. The predicted octanol–water partition coefficient (Wildman–Crippen LogP) is 2.35. The van der Waals surface area contributed by atoms with Gasteiger partial charge in [-0.15, -0.1) is 0 Å². The van der Waals surface area contributed by atoms with Crippen LogP contribution in [0.1, 0.15) is 36.3 Å². The second kappa shape index (κ2) is 8.51. The SMILES string of the molecule is O=C(NC1CC(C(=O)N2C[C@H](O)C[C@H]2C(=O)O)C1)OCC1c2ccccc2-c2ccccc21. The minimum Gasteiger partial charge on any atom is -0.480 e. The van der Waals surface area contributed by atoms with Crippen molar-refractivity contribution in [1.82, 2.24) is 10.2 Å². The molecule has 1 saturated carbocycles. The summed E-state index contributed by atoms with van der Waals surface area (Å²) in [5.41, 5.74) is 4.60. The van der Waals surface area contributed by atoms with Crippen LogP contribution in [0, 0.1) is 5.92 Å². The van der Waals surface area contributed by atoms with Gasteiger partial charge >= 0.3 is 12.1 Å². The van der Waals surface area contributed by atoms with Crippen LogP contribution in [0.5, 0.6) is 0 Å². The molecule has 2 aliphatic carbocycles. The second-order valence-corrected chi connectivity index (χ2v) is 9.07. The van der Waals surface area contributed by atoms with E-state index in [0.29, 0.717) is 12.8 Å². The Morgan fingerprint density at radius 3 is 2.18 bits per heavy atom. The summed E-state index contributed by atoms with van der Waals surface area (Å²) in [5.74, 6) is -1.75. The van der Waals surface area contributed by atoms with Crippen molar-refractivity contribution in [1.29, 1.82) is 0 Å². The molecule has 2 aromatic rings. The number of carboxylic acid groups (broad SMARTS) is 1. The van der Waals surface area contributed by atoms with Crippen molar-refractivity contribution >= 4 is 18.0 Å². The summed E-state index contributed by atoms with van der Waals surface area (Å²) in [6.45, 7) is 0.262. The number of aliphatic hydroxyl groups is 1. The molecule has 8 heteroatoms. The quantitative estimate of drug-likeness (QED) is 0.644. The van der Waals surface area contributed by atoms with E-state index in [4.69, 9.17) is 4.74 Å². The number of ether oxygens (including phenoxy) is 1. The summed E-state index contributed by atoms with van der Waals surface area (Å²) < 4.78 is 5.55. The third-order valence-corrected chi connectivity index (χ3v) is 7.00. The molecule has 8 nitrogen and oxygen atoms in total. The highest BCUT2D eigenvalue weighted by molar-refractivity contribution is 5.86. The van der Waals surface area contributed by atoms with Crippen LogP contribution in [0.15, 0.2) is 48.5 Å². The van der Waals surface area contributed by atoms with Gasteiger partial charge in [-0.2, -0.15) is 0 Å². The van der Waals surface area contributed by atoms with Crippen molar-refractivity contribution in [2.75, 3.05) is 13.2 Å². The first-order valence-corrected chi connectivity index (χ1v) is 11.2. The van der Waals surface area contributed by atoms with Gasteiger partial charge in [0.1, 0.15) is 12.6 Å². The van der Waals surface area contributed by atoms with Gasteiger partial charge in [0.2, 0.25) is 5.91 Å². The maximum absolute atomic E-state index is 12.7. The minimum atomic E-state index is -1.10. The average Bonchev–Trinajstić information content (AvgIpc) is 3.32. The molecule has 0 radical (unpaired) electrons. The number of alkyl carbamates (subject to hydrolysis) is 1. The first kappa shape index (κ1) is 21.5. The van der Waals surface area contributed by atoms with Crippen molar-refractivity contribution in [3.05, 3.63) is 59.7 Å². The number of rotatable bonds is 5. The molecule has 3 N–H and O–H groups in total. The van der Waals surface area contributed by atoms with E-state index in [1.54, 1.807) is 0 Å². The molecule has 172 valence electrons. The number of aliphatic carboxylic acids is 1. The van der Waals surface area contributed by atoms with Gasteiger partial charge in [0.25, 0.3) is 0 Å². The van der Waals surface area contributed by atoms with E-state index >= 15 is 0 Å². The van der Waals surface area contributed by atoms with Crippen LogP contribution in [0.3, 0.4) is 0 Å². The average molecular weight is 450 g/mol. The lowest BCUT2D eigenvalue weighted by Crippen LogP contribution is -2.52. The Hall–Kier alpha value is -3.39. The van der Waals surface area contributed by atoms with Gasteiger partial charge in [-0.25, -0.2) is 9.59 Å². The number of nitrogens with one attached hydrogen (secondary N) is 1. The van der Waals surface area contributed by atoms with Crippen LogP contribution >= 0.6 is 0 Å². The Bertz CT molecular complexity index is 1050. The summed E-state index contributed by atoms with van der Waals surface area (Å²) in [7, 11) is 0. The number of hydrogen-bond acceptors (Lipinski definition) is 5. The molecule has 0 spiro atoms. The van der Waals surface area contributed by atoms with E-state index in [9.17, 15) is 24.6 Å². The fourth-order valence-electron chi connectivity index (χ4n) is 5.27. The lowest BCUT2D eigenvalue weighted by Gasteiger charge is -2.37. The lowest BCUT2D eigenvalue weighted by atomic mass is 9.79. The summed E-state index contributed by atoms with van der Waals surface area (Å²) >= 11 is 0. The van der Waals surface area contributed by atoms with Crippen LogP contribution in [0.25, 0.3) is 11.1 Å². The Morgan fingerprint density at radius 2 is 1.58 bits per heavy atom. The fourth-order valence-corrected chi connectivity index (χ4v) is 5.27. The van der Waals surface area contributed by atoms with Crippen LogP contribution < -0.4 is 5.32 Å². The summed E-state index contributed by atoms with van der Waals surface area (Å²) in [6, 6.07) is 15.1. The van der Waals surface area contributed by atoms with Crippen molar-refractivity contribution < 1.29 is 29.3 Å². The molecule has 2 fully saturated rings. The molecule has 2 amide bonds. The first-order chi connectivity index (χ1) is 15.9. The summed E-state index contributed by atoms with van der Waals surface area (Å²) in [4.78, 5) is 37.7. The molecule has 3 aliphatic rings. The summed E-state index contributed by atoms with van der Waals surface area (Å²) in [6.07, 6.45) is -0.420. The Balaban J connectivity index is 1.13. The van der Waals surface area contributed by atoms with Gasteiger partial charge in [-0.3, -0.25) is 4.79 Å². The van der Waals surface area contributed by atoms with Gasteiger partial charge in [0.05, 0.1) is 6.10 Å². The normalized spacial score (nSPS) is 25.7. The maximum Gasteiger partial charge on any atom is 0.407 e. The zero-order valence-electron chi connectivity index (χ0n) is 18.0. The second-order valence-electron chi connectivity index (χ2n) is 9.07. The number of aliphatic hydroxyl groups excluding tert-OH is 1. The number of fused-ring (bicyclic) bond motifs is 3. The largest absolute Gasteiger partial charge is 0.480 e. The van der Waals surface area contributed by atoms with Gasteiger partial charge in [-0.05, 0) is 35.1 Å². The lowest BCUT2D eigenvalue weighted by molar-refractivity contribution is -0.151. The number of likely N-dealkylation sites (tertiary alicyclic amines) is 1. The maximum atomic E-state index is 12.7. The highest BCUT2D eigenvalue weighted by Crippen LogP contribution is 2.44. The zero-order valence-corrected chi connectivity index (χ0v) is 18.0. The third kappa shape index (κ3) is 3.95. The molecule has 0 bridgehead atoms. The first-order valence-electron chi connectivity index (χ1n) is 11.2. The number of carbonyl (C=O) groups excluding carboxylic acids is 2. The van der Waals surface area contributed by atoms with Crippen molar-refractivity contribution in [3.8, 4) is 11.1 Å². The van der Waals surface area contributed by atoms with Crippen molar-refractivity contribution in [3.63, 3.8) is 0 Å². The Morgan fingerprint density at radius 1 is 0.970 bits per heavy atom. The highest BCUT2D eigenvalue weighted by Gasteiger charge is 2.45. The Labute approximate surface area is 191 Å². The topological polar surface area (TPSA) is 116 Å². The zero-order chi connectivity index (χ0) is 23.1. The number of hydrogen-bond donors (Lipinski definition) is 3. The number of carbonyl (C=O) groups is 3. The monoisotopic (exact) mass is 450 g/mol. The molecule has 2 aromatic carbocycles. The van der Waals surface area contributed by atoms with E-state index in [1.165, 1.54) is 4.90 Å². The summed E-state index contributed by atoms with van der Waals surface area (Å²) in [5, 5.41) is 21.8. The van der Waals surface area contributed by atoms with Crippen LogP contribution in [-0.4, -0.2) is 64.4 Å². The van der Waals surface area contributed by atoms with Gasteiger partial charge in [0, 0.05) is 30.8 Å². The molecule has 33 heavy (non-hydrogen) atoms. The standard InChI is InChI=1S/C25H26N2O6/c28-16-11-22(24(30)31)27(12-16)23(29)14-9-15(10-14)26-25(32)33-13-21-19-7-3-1-5-17(19)18-6-2-4-8-20(18)21/h1-8,14-16,21-22,28H,9-13H2,(H,26,32)(H,30,31)/t14?,15?,16-,22+/m1/s1. The smallest absolute Gasteiger partial charge is 0.407 e. The molecule has 2 atom stereocenters. The fraction of sp³-hybridized carbons (Fsp3) is 0.400. The Kier molecular flexibility index (Phi) is 5.54. The van der Waals surface area contributed by atoms with E-state index in [2.05, 4.69) is 29.6 Å². The van der Waals surface area contributed by atoms with Crippen LogP contribution in [0.2, 0.25) is 0 Å². The van der Waals surface area contributed by atoms with Crippen molar-refractivity contribution in [2.24, 2.45) is 5.92 Å². The molecule has 0 unspecified atom stereocenters. The number of benzene rings is 2. The molecule has 1 aliphatic heterocycles.